The molecule has 0 aromatic heterocycles. The molecular weight excluding hydrogens is 404 g/mol. The van der Waals surface area contributed by atoms with E-state index in [1.807, 2.05) is 0 Å². The summed E-state index contributed by atoms with van der Waals surface area (Å²) in [6.07, 6.45) is -1.90. The summed E-state index contributed by atoms with van der Waals surface area (Å²) >= 11 is 10.7. The summed E-state index contributed by atoms with van der Waals surface area (Å²) < 4.78 is 63.7. The molecule has 2 aliphatic rings. The Kier molecular flexibility index (Phi) is 6.85. The molecule has 2 rings (SSSR count). The van der Waals surface area contributed by atoms with Gasteiger partial charge in [-0.05, 0) is 31.1 Å². The molecule has 1 saturated carbocycles. The zero-order chi connectivity index (χ0) is 18.8. The summed E-state index contributed by atoms with van der Waals surface area (Å²) in [5.41, 5.74) is -1.07. The van der Waals surface area contributed by atoms with Crippen molar-refractivity contribution in [2.45, 2.75) is 49.7 Å². The molecule has 1 saturated heterocycles. The van der Waals surface area contributed by atoms with E-state index in [0.29, 0.717) is 38.9 Å². The second kappa shape index (κ2) is 8.00. The molecule has 146 valence electrons. The van der Waals surface area contributed by atoms with Crippen molar-refractivity contribution in [3.8, 4) is 0 Å². The summed E-state index contributed by atoms with van der Waals surface area (Å²) in [5, 5.41) is 0. The molecular formula is C14H21ClF3O5PS. The molecule has 0 aromatic rings. The minimum absolute atomic E-state index is 0.0705. The van der Waals surface area contributed by atoms with E-state index in [0.717, 1.165) is 6.42 Å². The normalized spacial score (nSPS) is 25.3. The summed E-state index contributed by atoms with van der Waals surface area (Å²) in [6.45, 7) is 1.64. The standard InChI is InChI=1S/C14H21ClF3O5PS/c1-11(22-24(2,25)21-10-14(16,17)18)12(23-15)4-6-13(7-5-12)19-8-3-9-20-13/h1,3-10H2,2H3. The Morgan fingerprint density at radius 3 is 2.28 bits per heavy atom. The van der Waals surface area contributed by atoms with E-state index in [-0.39, 0.29) is 5.76 Å². The summed E-state index contributed by atoms with van der Waals surface area (Å²) in [7, 11) is 0. The van der Waals surface area contributed by atoms with Gasteiger partial charge in [0.2, 0.25) is 6.49 Å². The first-order valence-electron chi connectivity index (χ1n) is 7.77. The van der Waals surface area contributed by atoms with Crippen LogP contribution in [0.15, 0.2) is 12.3 Å². The molecule has 2 fully saturated rings. The smallest absolute Gasteiger partial charge is 0.412 e. The van der Waals surface area contributed by atoms with Gasteiger partial charge in [-0.15, -0.1) is 0 Å². The number of rotatable bonds is 6. The number of halogens is 4. The van der Waals surface area contributed by atoms with Gasteiger partial charge in [-0.3, -0.25) is 4.29 Å². The topological polar surface area (TPSA) is 46.2 Å². The fraction of sp³-hybridized carbons (Fsp3) is 0.857. The lowest BCUT2D eigenvalue weighted by Crippen LogP contribution is -2.49. The van der Waals surface area contributed by atoms with E-state index in [9.17, 15) is 13.2 Å². The molecule has 0 radical (unpaired) electrons. The van der Waals surface area contributed by atoms with Gasteiger partial charge >= 0.3 is 6.18 Å². The van der Waals surface area contributed by atoms with Gasteiger partial charge in [0.1, 0.15) is 11.4 Å². The average molecular weight is 425 g/mol. The maximum atomic E-state index is 12.3. The SMILES string of the molecule is C=C(OP(C)(=S)OCC(F)(F)F)C1(OCl)CCC2(CC1)OCCCO2. The third-order valence-electron chi connectivity index (χ3n) is 4.23. The van der Waals surface area contributed by atoms with Crippen LogP contribution in [0.4, 0.5) is 13.2 Å². The molecule has 1 aliphatic heterocycles. The van der Waals surface area contributed by atoms with Crippen LogP contribution in [0.25, 0.3) is 0 Å². The van der Waals surface area contributed by atoms with Gasteiger partial charge in [-0.1, -0.05) is 6.58 Å². The summed E-state index contributed by atoms with van der Waals surface area (Å²) in [5.74, 6) is -0.599. The van der Waals surface area contributed by atoms with Gasteiger partial charge < -0.3 is 18.5 Å². The number of alkyl halides is 3. The molecule has 0 aromatic carbocycles. The molecule has 1 spiro atoms. The monoisotopic (exact) mass is 424 g/mol. The first-order valence-corrected chi connectivity index (χ1v) is 11.2. The third kappa shape index (κ3) is 5.79. The number of hydrogen-bond donors (Lipinski definition) is 0. The predicted molar refractivity (Wildman–Crippen MR) is 89.8 cm³/mol. The Balaban J connectivity index is 1.97. The first-order chi connectivity index (χ1) is 11.5. The van der Waals surface area contributed by atoms with Crippen LogP contribution in [0.1, 0.15) is 32.1 Å². The van der Waals surface area contributed by atoms with Gasteiger partial charge in [-0.2, -0.15) is 13.2 Å². The van der Waals surface area contributed by atoms with Crippen molar-refractivity contribution < 1.29 is 36.0 Å². The second-order valence-corrected chi connectivity index (χ2v) is 10.3. The lowest BCUT2D eigenvalue weighted by molar-refractivity contribution is -0.289. The van der Waals surface area contributed by atoms with Crippen molar-refractivity contribution in [2.75, 3.05) is 26.5 Å². The molecule has 0 bridgehead atoms. The highest BCUT2D eigenvalue weighted by atomic mass is 35.5. The maximum absolute atomic E-state index is 12.3. The number of hydrogen-bond acceptors (Lipinski definition) is 6. The van der Waals surface area contributed by atoms with E-state index < -0.39 is 30.7 Å². The third-order valence-corrected chi connectivity index (χ3v) is 6.22. The lowest BCUT2D eigenvalue weighted by atomic mass is 9.80. The van der Waals surface area contributed by atoms with Crippen molar-refractivity contribution in [2.24, 2.45) is 0 Å². The first kappa shape index (κ1) is 21.4. The largest absolute Gasteiger partial charge is 0.445 e. The number of ether oxygens (including phenoxy) is 2. The van der Waals surface area contributed by atoms with Gasteiger partial charge in [0.15, 0.2) is 12.4 Å². The van der Waals surface area contributed by atoms with Crippen LogP contribution in [0.2, 0.25) is 0 Å². The minimum atomic E-state index is -4.49. The highest BCUT2D eigenvalue weighted by Crippen LogP contribution is 2.53. The molecule has 5 nitrogen and oxygen atoms in total. The molecule has 1 unspecified atom stereocenters. The Morgan fingerprint density at radius 1 is 1.24 bits per heavy atom. The van der Waals surface area contributed by atoms with E-state index in [1.54, 1.807) is 0 Å². The van der Waals surface area contributed by atoms with Crippen molar-refractivity contribution in [3.05, 3.63) is 12.3 Å². The van der Waals surface area contributed by atoms with Crippen LogP contribution in [-0.4, -0.2) is 44.0 Å². The van der Waals surface area contributed by atoms with Crippen molar-refractivity contribution in [1.82, 2.24) is 0 Å². The van der Waals surface area contributed by atoms with Gasteiger partial charge in [0.05, 0.1) is 25.1 Å². The molecule has 1 aliphatic carbocycles. The van der Waals surface area contributed by atoms with E-state index in [4.69, 9.17) is 46.5 Å². The van der Waals surface area contributed by atoms with Crippen molar-refractivity contribution in [3.63, 3.8) is 0 Å². The van der Waals surface area contributed by atoms with Crippen molar-refractivity contribution in [1.29, 1.82) is 0 Å². The van der Waals surface area contributed by atoms with Crippen LogP contribution in [0.3, 0.4) is 0 Å². The van der Waals surface area contributed by atoms with Crippen LogP contribution < -0.4 is 0 Å². The average Bonchev–Trinajstić information content (AvgIpc) is 2.54. The fourth-order valence-corrected chi connectivity index (χ4v) is 4.51. The summed E-state index contributed by atoms with van der Waals surface area (Å²) in [6, 6.07) is 0. The van der Waals surface area contributed by atoms with Gasteiger partial charge in [-0.25, -0.2) is 0 Å². The molecule has 1 heterocycles. The van der Waals surface area contributed by atoms with Crippen LogP contribution >= 0.6 is 18.4 Å². The zero-order valence-corrected chi connectivity index (χ0v) is 16.2. The van der Waals surface area contributed by atoms with Crippen LogP contribution in [0.5, 0.6) is 0 Å². The lowest BCUT2D eigenvalue weighted by Gasteiger charge is -2.46. The molecule has 1 atom stereocenters. The Morgan fingerprint density at radius 2 is 1.80 bits per heavy atom. The van der Waals surface area contributed by atoms with Crippen LogP contribution in [-0.2, 0) is 34.6 Å². The fourth-order valence-electron chi connectivity index (χ4n) is 2.84. The van der Waals surface area contributed by atoms with Crippen molar-refractivity contribution >= 4 is 30.2 Å². The quantitative estimate of drug-likeness (QED) is 0.457. The predicted octanol–water partition coefficient (Wildman–Crippen LogP) is 4.65. The molecule has 11 heteroatoms. The van der Waals surface area contributed by atoms with E-state index >= 15 is 0 Å². The van der Waals surface area contributed by atoms with E-state index in [2.05, 4.69) is 6.58 Å². The Labute approximate surface area is 155 Å². The Hall–Kier alpha value is 0.110. The van der Waals surface area contributed by atoms with Crippen LogP contribution in [0, 0.1) is 0 Å². The zero-order valence-electron chi connectivity index (χ0n) is 13.8. The molecule has 25 heavy (non-hydrogen) atoms. The van der Waals surface area contributed by atoms with E-state index in [1.165, 1.54) is 6.66 Å². The van der Waals surface area contributed by atoms with Gasteiger partial charge in [0.25, 0.3) is 0 Å². The molecule has 0 N–H and O–H groups in total. The summed E-state index contributed by atoms with van der Waals surface area (Å²) in [4.78, 5) is 0. The second-order valence-electron chi connectivity index (χ2n) is 6.21. The Bertz CT molecular complexity index is 529. The highest BCUT2D eigenvalue weighted by molar-refractivity contribution is 8.09. The maximum Gasteiger partial charge on any atom is 0.412 e. The minimum Gasteiger partial charge on any atom is -0.445 e. The highest BCUT2D eigenvalue weighted by Gasteiger charge is 2.49. The molecule has 0 amide bonds. The van der Waals surface area contributed by atoms with Gasteiger partial charge in [0, 0.05) is 19.5 Å².